The SMILES string of the molecule is Cc1ccc(-n2cnnc2SCC(=O)NC(CN2CCCC2=O)c2ccccc2)cc1C. The number of rotatable bonds is 8. The maximum absolute atomic E-state index is 12.8. The van der Waals surface area contributed by atoms with E-state index in [1.54, 1.807) is 6.33 Å². The second-order valence-corrected chi connectivity index (χ2v) is 8.96. The highest BCUT2D eigenvalue weighted by Gasteiger charge is 2.25. The summed E-state index contributed by atoms with van der Waals surface area (Å²) in [6.07, 6.45) is 3.12. The number of carbonyl (C=O) groups is 2. The Kier molecular flexibility index (Phi) is 6.90. The van der Waals surface area contributed by atoms with Gasteiger partial charge in [0.05, 0.1) is 11.8 Å². The van der Waals surface area contributed by atoms with Crippen LogP contribution in [-0.2, 0) is 9.59 Å². The van der Waals surface area contributed by atoms with E-state index >= 15 is 0 Å². The van der Waals surface area contributed by atoms with Crippen LogP contribution in [0.25, 0.3) is 5.69 Å². The molecule has 1 atom stereocenters. The zero-order chi connectivity index (χ0) is 22.5. The Hall–Kier alpha value is -3.13. The number of aromatic nitrogens is 3. The lowest BCUT2D eigenvalue weighted by atomic mass is 10.1. The molecule has 4 rings (SSSR count). The molecule has 0 spiro atoms. The van der Waals surface area contributed by atoms with E-state index in [-0.39, 0.29) is 23.6 Å². The fourth-order valence-electron chi connectivity index (χ4n) is 3.78. The summed E-state index contributed by atoms with van der Waals surface area (Å²) in [5.41, 5.74) is 4.37. The molecule has 1 N–H and O–H groups in total. The normalized spacial score (nSPS) is 14.6. The Balaban J connectivity index is 1.42. The van der Waals surface area contributed by atoms with Gasteiger partial charge in [0.1, 0.15) is 6.33 Å². The zero-order valence-corrected chi connectivity index (χ0v) is 19.1. The highest BCUT2D eigenvalue weighted by Crippen LogP contribution is 2.22. The summed E-state index contributed by atoms with van der Waals surface area (Å²) in [6.45, 7) is 5.37. The van der Waals surface area contributed by atoms with Gasteiger partial charge < -0.3 is 10.2 Å². The largest absolute Gasteiger partial charge is 0.347 e. The number of hydrogen-bond donors (Lipinski definition) is 1. The van der Waals surface area contributed by atoms with E-state index in [0.717, 1.165) is 24.2 Å². The van der Waals surface area contributed by atoms with Gasteiger partial charge in [-0.1, -0.05) is 48.2 Å². The molecular formula is C24H27N5O2S. The predicted molar refractivity (Wildman–Crippen MR) is 125 cm³/mol. The van der Waals surface area contributed by atoms with Crippen molar-refractivity contribution in [1.29, 1.82) is 0 Å². The Bertz CT molecular complexity index is 1100. The summed E-state index contributed by atoms with van der Waals surface area (Å²) in [5.74, 6) is 0.252. The molecule has 0 bridgehead atoms. The first kappa shape index (κ1) is 22.1. The second kappa shape index (κ2) is 9.99. The van der Waals surface area contributed by atoms with Crippen molar-refractivity contribution in [1.82, 2.24) is 25.0 Å². The van der Waals surface area contributed by atoms with E-state index < -0.39 is 0 Å². The van der Waals surface area contributed by atoms with Crippen LogP contribution in [0.1, 0.15) is 35.6 Å². The molecule has 3 aromatic rings. The van der Waals surface area contributed by atoms with Crippen molar-refractivity contribution in [3.8, 4) is 5.69 Å². The van der Waals surface area contributed by atoms with Crippen LogP contribution in [0.3, 0.4) is 0 Å². The van der Waals surface area contributed by atoms with Crippen LogP contribution in [0, 0.1) is 13.8 Å². The smallest absolute Gasteiger partial charge is 0.231 e. The third kappa shape index (κ3) is 5.19. The maximum Gasteiger partial charge on any atom is 0.231 e. The van der Waals surface area contributed by atoms with Crippen LogP contribution in [0.5, 0.6) is 0 Å². The molecule has 2 aromatic carbocycles. The minimum atomic E-state index is -0.246. The maximum atomic E-state index is 12.8. The molecule has 166 valence electrons. The van der Waals surface area contributed by atoms with Crippen molar-refractivity contribution in [2.45, 2.75) is 37.9 Å². The van der Waals surface area contributed by atoms with E-state index in [1.165, 1.54) is 22.9 Å². The molecule has 1 aromatic heterocycles. The summed E-state index contributed by atoms with van der Waals surface area (Å²) >= 11 is 1.34. The van der Waals surface area contributed by atoms with Crippen LogP contribution >= 0.6 is 11.8 Å². The van der Waals surface area contributed by atoms with Crippen LogP contribution in [0.15, 0.2) is 60.0 Å². The molecule has 7 nitrogen and oxygen atoms in total. The summed E-state index contributed by atoms with van der Waals surface area (Å²) < 4.78 is 1.89. The summed E-state index contributed by atoms with van der Waals surface area (Å²) in [6, 6.07) is 15.7. The Morgan fingerprint density at radius 3 is 2.69 bits per heavy atom. The van der Waals surface area contributed by atoms with Crippen molar-refractivity contribution in [3.63, 3.8) is 0 Å². The average Bonchev–Trinajstić information content (AvgIpc) is 3.43. The number of hydrogen-bond acceptors (Lipinski definition) is 5. The van der Waals surface area contributed by atoms with Gasteiger partial charge in [-0.3, -0.25) is 14.2 Å². The molecular weight excluding hydrogens is 422 g/mol. The first-order valence-electron chi connectivity index (χ1n) is 10.7. The quantitative estimate of drug-likeness (QED) is 0.533. The number of carbonyl (C=O) groups excluding carboxylic acids is 2. The van der Waals surface area contributed by atoms with Crippen LogP contribution in [0.2, 0.25) is 0 Å². The van der Waals surface area contributed by atoms with Crippen molar-refractivity contribution in [2.75, 3.05) is 18.8 Å². The summed E-state index contributed by atoms with van der Waals surface area (Å²) in [7, 11) is 0. The number of aryl methyl sites for hydroxylation is 2. The van der Waals surface area contributed by atoms with Crippen LogP contribution < -0.4 is 5.32 Å². The minimum Gasteiger partial charge on any atom is -0.347 e. The first-order valence-corrected chi connectivity index (χ1v) is 11.7. The molecule has 1 saturated heterocycles. The molecule has 0 saturated carbocycles. The van der Waals surface area contributed by atoms with E-state index in [1.807, 2.05) is 45.9 Å². The van der Waals surface area contributed by atoms with E-state index in [4.69, 9.17) is 0 Å². The molecule has 0 aliphatic carbocycles. The predicted octanol–water partition coefficient (Wildman–Crippen LogP) is 3.46. The highest BCUT2D eigenvalue weighted by molar-refractivity contribution is 7.99. The third-order valence-electron chi connectivity index (χ3n) is 5.73. The summed E-state index contributed by atoms with van der Waals surface area (Å²) in [5, 5.41) is 12.0. The molecule has 1 aliphatic heterocycles. The Morgan fingerprint density at radius 1 is 1.16 bits per heavy atom. The average molecular weight is 450 g/mol. The van der Waals surface area contributed by atoms with Gasteiger partial charge in [0.15, 0.2) is 5.16 Å². The number of amides is 2. The highest BCUT2D eigenvalue weighted by atomic mass is 32.2. The minimum absolute atomic E-state index is 0.106. The lowest BCUT2D eigenvalue weighted by molar-refractivity contribution is -0.128. The van der Waals surface area contributed by atoms with Crippen LogP contribution in [-0.4, -0.2) is 50.3 Å². The first-order chi connectivity index (χ1) is 15.5. The Labute approximate surface area is 192 Å². The van der Waals surface area contributed by atoms with Gasteiger partial charge in [0.2, 0.25) is 11.8 Å². The van der Waals surface area contributed by atoms with Gasteiger partial charge in [-0.2, -0.15) is 0 Å². The molecule has 0 radical (unpaired) electrons. The lowest BCUT2D eigenvalue weighted by Gasteiger charge is -2.25. The van der Waals surface area contributed by atoms with E-state index in [9.17, 15) is 9.59 Å². The summed E-state index contributed by atoms with van der Waals surface area (Å²) in [4.78, 5) is 26.8. The number of likely N-dealkylation sites (tertiary alicyclic amines) is 1. The third-order valence-corrected chi connectivity index (χ3v) is 6.67. The van der Waals surface area contributed by atoms with Gasteiger partial charge in [-0.25, -0.2) is 0 Å². The van der Waals surface area contributed by atoms with Gasteiger partial charge in [0.25, 0.3) is 0 Å². The van der Waals surface area contributed by atoms with Gasteiger partial charge in [-0.05, 0) is 49.1 Å². The Morgan fingerprint density at radius 2 is 1.97 bits per heavy atom. The fraction of sp³-hybridized carbons (Fsp3) is 0.333. The lowest BCUT2D eigenvalue weighted by Crippen LogP contribution is -2.39. The molecule has 1 unspecified atom stereocenters. The monoisotopic (exact) mass is 449 g/mol. The van der Waals surface area contributed by atoms with Gasteiger partial charge in [0, 0.05) is 25.2 Å². The molecule has 2 heterocycles. The molecule has 2 amide bonds. The van der Waals surface area contributed by atoms with Crippen molar-refractivity contribution < 1.29 is 9.59 Å². The van der Waals surface area contributed by atoms with Gasteiger partial charge >= 0.3 is 0 Å². The molecule has 32 heavy (non-hydrogen) atoms. The molecule has 8 heteroatoms. The number of thioether (sulfide) groups is 1. The fourth-order valence-corrected chi connectivity index (χ4v) is 4.52. The number of benzene rings is 2. The topological polar surface area (TPSA) is 80.1 Å². The van der Waals surface area contributed by atoms with Crippen LogP contribution in [0.4, 0.5) is 0 Å². The van der Waals surface area contributed by atoms with E-state index in [2.05, 4.69) is 41.5 Å². The van der Waals surface area contributed by atoms with Gasteiger partial charge in [-0.15, -0.1) is 10.2 Å². The van der Waals surface area contributed by atoms with Crippen molar-refractivity contribution in [3.05, 3.63) is 71.5 Å². The molecule has 1 aliphatic rings. The second-order valence-electron chi connectivity index (χ2n) is 8.01. The van der Waals surface area contributed by atoms with E-state index in [0.29, 0.717) is 18.1 Å². The van der Waals surface area contributed by atoms with Crippen molar-refractivity contribution in [2.24, 2.45) is 0 Å². The van der Waals surface area contributed by atoms with Crippen molar-refractivity contribution >= 4 is 23.6 Å². The molecule has 1 fully saturated rings. The number of nitrogens with zero attached hydrogens (tertiary/aromatic N) is 4. The zero-order valence-electron chi connectivity index (χ0n) is 18.3. The number of nitrogens with one attached hydrogen (secondary N) is 1. The standard InChI is InChI=1S/C24H27N5O2S/c1-17-10-11-20(13-18(17)2)29-16-25-27-24(29)32-15-22(30)26-21(19-7-4-3-5-8-19)14-28-12-6-9-23(28)31/h3-5,7-8,10-11,13,16,21H,6,9,12,14-15H2,1-2H3,(H,26,30).